The first-order chi connectivity index (χ1) is 14.4. The summed E-state index contributed by atoms with van der Waals surface area (Å²) < 4.78 is 0. The van der Waals surface area contributed by atoms with Crippen molar-refractivity contribution in [1.82, 2.24) is 40.2 Å². The van der Waals surface area contributed by atoms with Gasteiger partial charge in [-0.05, 0) is 31.8 Å². The molecule has 1 aliphatic heterocycles. The van der Waals surface area contributed by atoms with Crippen LogP contribution in [0.4, 0.5) is 0 Å². The fourth-order valence-electron chi connectivity index (χ4n) is 3.50. The summed E-state index contributed by atoms with van der Waals surface area (Å²) >= 11 is 0. The number of hydrogen-bond acceptors (Lipinski definition) is 7. The Morgan fingerprint density at radius 3 is 2.73 bits per heavy atom. The Morgan fingerprint density at radius 2 is 2.03 bits per heavy atom. The summed E-state index contributed by atoms with van der Waals surface area (Å²) in [7, 11) is 3.99. The van der Waals surface area contributed by atoms with Crippen LogP contribution in [0.5, 0.6) is 0 Å². The molecule has 0 bridgehead atoms. The molecule has 1 saturated heterocycles. The molecule has 162 valence electrons. The van der Waals surface area contributed by atoms with Gasteiger partial charge in [-0.25, -0.2) is 0 Å². The van der Waals surface area contributed by atoms with Gasteiger partial charge in [-0.2, -0.15) is 4.80 Å². The summed E-state index contributed by atoms with van der Waals surface area (Å²) in [5.41, 5.74) is 1.18. The second kappa shape index (κ2) is 10.3. The highest BCUT2D eigenvalue weighted by atomic mass is 16.2. The molecule has 3 rings (SSSR count). The van der Waals surface area contributed by atoms with Crippen LogP contribution in [0.15, 0.2) is 36.7 Å². The van der Waals surface area contributed by atoms with Crippen LogP contribution in [0, 0.1) is 0 Å². The Kier molecular flexibility index (Phi) is 7.47. The van der Waals surface area contributed by atoms with Gasteiger partial charge in [0.15, 0.2) is 6.33 Å². The van der Waals surface area contributed by atoms with E-state index in [1.807, 2.05) is 44.1 Å². The van der Waals surface area contributed by atoms with E-state index in [0.717, 1.165) is 13.1 Å². The van der Waals surface area contributed by atoms with Gasteiger partial charge in [-0.1, -0.05) is 30.3 Å². The zero-order valence-electron chi connectivity index (χ0n) is 17.8. The standard InChI is InChI=1S/C20H30N8O2/c1-16(26(3)12-17-7-5-4-6-8-17)20(30)27-10-9-25(2)18(13-27)11-21-19(29)14-28-23-15-22-24-28/h4-8,15-16,18H,9-14H2,1-3H3,(H,21,29). The highest BCUT2D eigenvalue weighted by Gasteiger charge is 2.31. The Balaban J connectivity index is 1.50. The predicted octanol–water partition coefficient (Wildman–Crippen LogP) is -0.548. The second-order valence-corrected chi connectivity index (χ2v) is 7.77. The highest BCUT2D eigenvalue weighted by Crippen LogP contribution is 2.13. The molecule has 1 aliphatic rings. The van der Waals surface area contributed by atoms with Gasteiger partial charge in [0.05, 0.1) is 6.04 Å². The van der Waals surface area contributed by atoms with E-state index in [0.29, 0.717) is 19.6 Å². The van der Waals surface area contributed by atoms with Crippen LogP contribution < -0.4 is 5.32 Å². The van der Waals surface area contributed by atoms with E-state index < -0.39 is 0 Å². The van der Waals surface area contributed by atoms with Gasteiger partial charge in [-0.3, -0.25) is 19.4 Å². The zero-order valence-corrected chi connectivity index (χ0v) is 17.8. The molecule has 0 saturated carbocycles. The number of aromatic nitrogens is 4. The lowest BCUT2D eigenvalue weighted by Gasteiger charge is -2.41. The average molecular weight is 415 g/mol. The Labute approximate surface area is 176 Å². The Hall–Kier alpha value is -2.85. The molecule has 2 unspecified atom stereocenters. The Morgan fingerprint density at radius 1 is 1.27 bits per heavy atom. The summed E-state index contributed by atoms with van der Waals surface area (Å²) in [6.07, 6.45) is 1.29. The van der Waals surface area contributed by atoms with E-state index >= 15 is 0 Å². The number of likely N-dealkylation sites (N-methyl/N-ethyl adjacent to an activating group) is 2. The number of carbonyl (C=O) groups is 2. The number of tetrazole rings is 1. The fraction of sp³-hybridized carbons (Fsp3) is 0.550. The lowest BCUT2D eigenvalue weighted by atomic mass is 10.1. The molecule has 1 aromatic carbocycles. The summed E-state index contributed by atoms with van der Waals surface area (Å²) in [6, 6.07) is 9.98. The van der Waals surface area contributed by atoms with Gasteiger partial charge in [0.1, 0.15) is 6.54 Å². The quantitative estimate of drug-likeness (QED) is 0.619. The predicted molar refractivity (Wildman–Crippen MR) is 111 cm³/mol. The number of hydrogen-bond donors (Lipinski definition) is 1. The molecule has 10 heteroatoms. The lowest BCUT2D eigenvalue weighted by Crippen LogP contribution is -2.59. The molecule has 30 heavy (non-hydrogen) atoms. The third-order valence-electron chi connectivity index (χ3n) is 5.59. The van der Waals surface area contributed by atoms with Crippen LogP contribution in [0.25, 0.3) is 0 Å². The van der Waals surface area contributed by atoms with Gasteiger partial charge in [0.25, 0.3) is 0 Å². The van der Waals surface area contributed by atoms with Crippen molar-refractivity contribution in [1.29, 1.82) is 0 Å². The normalized spacial score (nSPS) is 18.4. The van der Waals surface area contributed by atoms with Crippen molar-refractivity contribution in [2.45, 2.75) is 32.1 Å². The summed E-state index contributed by atoms with van der Waals surface area (Å²) in [4.78, 5) is 32.6. The molecule has 0 aliphatic carbocycles. The van der Waals surface area contributed by atoms with E-state index in [4.69, 9.17) is 0 Å². The van der Waals surface area contributed by atoms with Gasteiger partial charge < -0.3 is 10.2 Å². The van der Waals surface area contributed by atoms with Crippen molar-refractivity contribution < 1.29 is 9.59 Å². The highest BCUT2D eigenvalue weighted by molar-refractivity contribution is 5.81. The largest absolute Gasteiger partial charge is 0.353 e. The van der Waals surface area contributed by atoms with E-state index in [9.17, 15) is 9.59 Å². The average Bonchev–Trinajstić information content (AvgIpc) is 3.25. The maximum Gasteiger partial charge on any atom is 0.243 e. The Bertz CT molecular complexity index is 813. The van der Waals surface area contributed by atoms with Crippen LogP contribution in [0.2, 0.25) is 0 Å². The molecule has 1 aromatic heterocycles. The molecule has 10 nitrogen and oxygen atoms in total. The van der Waals surface area contributed by atoms with Gasteiger partial charge in [0, 0.05) is 38.8 Å². The minimum atomic E-state index is -0.220. The number of rotatable bonds is 8. The maximum atomic E-state index is 13.1. The molecule has 2 heterocycles. The van der Waals surface area contributed by atoms with E-state index in [1.165, 1.54) is 16.7 Å². The fourth-order valence-corrected chi connectivity index (χ4v) is 3.50. The summed E-state index contributed by atoms with van der Waals surface area (Å²) in [5, 5.41) is 14.0. The first-order valence-corrected chi connectivity index (χ1v) is 10.1. The first-order valence-electron chi connectivity index (χ1n) is 10.1. The van der Waals surface area contributed by atoms with Crippen molar-refractivity contribution in [2.75, 3.05) is 40.3 Å². The third-order valence-corrected chi connectivity index (χ3v) is 5.59. The molecule has 2 atom stereocenters. The smallest absolute Gasteiger partial charge is 0.243 e. The van der Waals surface area contributed by atoms with Crippen molar-refractivity contribution in [3.05, 3.63) is 42.2 Å². The van der Waals surface area contributed by atoms with Crippen LogP contribution in [0.1, 0.15) is 12.5 Å². The van der Waals surface area contributed by atoms with Crippen molar-refractivity contribution in [2.24, 2.45) is 0 Å². The van der Waals surface area contributed by atoms with Gasteiger partial charge in [0.2, 0.25) is 11.8 Å². The monoisotopic (exact) mass is 414 g/mol. The number of nitrogens with zero attached hydrogens (tertiary/aromatic N) is 7. The molecule has 1 fully saturated rings. The maximum absolute atomic E-state index is 13.1. The SMILES string of the molecule is CC(C(=O)N1CCN(C)C(CNC(=O)Cn2ncnn2)C1)N(C)Cc1ccccc1. The third kappa shape index (κ3) is 5.83. The lowest BCUT2D eigenvalue weighted by molar-refractivity contribution is -0.138. The summed E-state index contributed by atoms with van der Waals surface area (Å²) in [5.74, 6) is -0.0644. The number of piperazine rings is 1. The van der Waals surface area contributed by atoms with Crippen LogP contribution in [-0.4, -0.2) is 99.1 Å². The minimum absolute atomic E-state index is 0.0282. The van der Waals surface area contributed by atoms with Crippen LogP contribution in [-0.2, 0) is 22.7 Å². The molecule has 2 amide bonds. The minimum Gasteiger partial charge on any atom is -0.353 e. The number of benzene rings is 1. The molecular weight excluding hydrogens is 384 g/mol. The molecule has 2 aromatic rings. The number of carbonyl (C=O) groups excluding carboxylic acids is 2. The first kappa shape index (κ1) is 21.8. The number of amides is 2. The van der Waals surface area contributed by atoms with Crippen molar-refractivity contribution in [3.63, 3.8) is 0 Å². The molecule has 0 spiro atoms. The topological polar surface area (TPSA) is 99.5 Å². The van der Waals surface area contributed by atoms with E-state index in [1.54, 1.807) is 0 Å². The van der Waals surface area contributed by atoms with E-state index in [-0.39, 0.29) is 30.4 Å². The zero-order chi connectivity index (χ0) is 21.5. The van der Waals surface area contributed by atoms with E-state index in [2.05, 4.69) is 42.7 Å². The molecular formula is C20H30N8O2. The van der Waals surface area contributed by atoms with Gasteiger partial charge in [-0.15, -0.1) is 10.2 Å². The van der Waals surface area contributed by atoms with Crippen LogP contribution in [0.3, 0.4) is 0 Å². The van der Waals surface area contributed by atoms with Gasteiger partial charge >= 0.3 is 0 Å². The summed E-state index contributed by atoms with van der Waals surface area (Å²) in [6.45, 7) is 5.20. The van der Waals surface area contributed by atoms with Crippen molar-refractivity contribution in [3.8, 4) is 0 Å². The van der Waals surface area contributed by atoms with Crippen LogP contribution >= 0.6 is 0 Å². The second-order valence-electron chi connectivity index (χ2n) is 7.77. The number of nitrogens with one attached hydrogen (secondary N) is 1. The molecule has 0 radical (unpaired) electrons. The molecule has 1 N–H and O–H groups in total. The van der Waals surface area contributed by atoms with Crippen molar-refractivity contribution >= 4 is 11.8 Å².